The molecule has 2 aromatic rings. The van der Waals surface area contributed by atoms with Crippen molar-refractivity contribution in [3.05, 3.63) is 53.3 Å². The number of hydrogen-bond donors (Lipinski definition) is 1. The Morgan fingerprint density at radius 2 is 1.67 bits per heavy atom. The summed E-state index contributed by atoms with van der Waals surface area (Å²) in [5, 5.41) is 0. The maximum atomic E-state index is 13.1. The number of benzene rings is 2. The fourth-order valence-corrected chi connectivity index (χ4v) is 1.98. The van der Waals surface area contributed by atoms with Gasteiger partial charge in [0.25, 0.3) is 0 Å². The molecular weight excluding hydrogens is 273 g/mol. The maximum Gasteiger partial charge on any atom is 0.161 e. The lowest BCUT2D eigenvalue weighted by molar-refractivity contribution is 0.300. The van der Waals surface area contributed by atoms with Crippen molar-refractivity contribution in [3.63, 3.8) is 0 Å². The minimum absolute atomic E-state index is 0.221. The van der Waals surface area contributed by atoms with E-state index in [4.69, 9.17) is 19.9 Å². The molecule has 0 amide bonds. The SMILES string of the molecule is COc1ccc(COc2ccc(F)cc2CN)cc1OC. The fraction of sp³-hybridized carbons (Fsp3) is 0.250. The Kier molecular flexibility index (Phi) is 5.00. The lowest BCUT2D eigenvalue weighted by Crippen LogP contribution is -2.03. The normalized spacial score (nSPS) is 10.3. The topological polar surface area (TPSA) is 53.7 Å². The van der Waals surface area contributed by atoms with Crippen LogP contribution in [0, 0.1) is 5.82 Å². The minimum atomic E-state index is -0.325. The average molecular weight is 291 g/mol. The highest BCUT2D eigenvalue weighted by Gasteiger charge is 2.07. The molecule has 0 aromatic heterocycles. The predicted molar refractivity (Wildman–Crippen MR) is 78.2 cm³/mol. The van der Waals surface area contributed by atoms with Crippen molar-refractivity contribution in [3.8, 4) is 17.2 Å². The zero-order valence-corrected chi connectivity index (χ0v) is 12.1. The second-order valence-electron chi connectivity index (χ2n) is 4.43. The quantitative estimate of drug-likeness (QED) is 0.889. The van der Waals surface area contributed by atoms with Gasteiger partial charge in [-0.3, -0.25) is 0 Å². The molecule has 0 radical (unpaired) electrons. The summed E-state index contributed by atoms with van der Waals surface area (Å²) in [6.07, 6.45) is 0. The molecule has 112 valence electrons. The number of halogens is 1. The summed E-state index contributed by atoms with van der Waals surface area (Å²) >= 11 is 0. The first-order chi connectivity index (χ1) is 10.2. The third-order valence-corrected chi connectivity index (χ3v) is 3.08. The van der Waals surface area contributed by atoms with Gasteiger partial charge in [0.05, 0.1) is 14.2 Å². The predicted octanol–water partition coefficient (Wildman–Crippen LogP) is 2.88. The van der Waals surface area contributed by atoms with Gasteiger partial charge in [0.2, 0.25) is 0 Å². The number of hydrogen-bond acceptors (Lipinski definition) is 4. The zero-order valence-electron chi connectivity index (χ0n) is 12.1. The lowest BCUT2D eigenvalue weighted by atomic mass is 10.2. The van der Waals surface area contributed by atoms with Gasteiger partial charge in [0.15, 0.2) is 11.5 Å². The van der Waals surface area contributed by atoms with E-state index in [2.05, 4.69) is 0 Å². The van der Waals surface area contributed by atoms with E-state index in [0.717, 1.165) is 5.56 Å². The van der Waals surface area contributed by atoms with Crippen molar-refractivity contribution < 1.29 is 18.6 Å². The van der Waals surface area contributed by atoms with Gasteiger partial charge in [-0.2, -0.15) is 0 Å². The van der Waals surface area contributed by atoms with Crippen LogP contribution in [0.25, 0.3) is 0 Å². The van der Waals surface area contributed by atoms with E-state index in [9.17, 15) is 4.39 Å². The van der Waals surface area contributed by atoms with Gasteiger partial charge in [0, 0.05) is 12.1 Å². The second-order valence-corrected chi connectivity index (χ2v) is 4.43. The zero-order chi connectivity index (χ0) is 15.2. The molecule has 0 unspecified atom stereocenters. The molecule has 2 aromatic carbocycles. The van der Waals surface area contributed by atoms with E-state index < -0.39 is 0 Å². The molecule has 21 heavy (non-hydrogen) atoms. The molecule has 0 saturated heterocycles. The van der Waals surface area contributed by atoms with E-state index in [1.54, 1.807) is 20.3 Å². The van der Waals surface area contributed by atoms with E-state index in [1.165, 1.54) is 12.1 Å². The van der Waals surface area contributed by atoms with Crippen molar-refractivity contribution in [1.82, 2.24) is 0 Å². The molecule has 0 atom stereocenters. The Balaban J connectivity index is 2.13. The van der Waals surface area contributed by atoms with Crippen molar-refractivity contribution >= 4 is 0 Å². The molecule has 0 aliphatic carbocycles. The third kappa shape index (κ3) is 3.64. The second kappa shape index (κ2) is 6.95. The molecule has 0 spiro atoms. The Hall–Kier alpha value is -2.27. The van der Waals surface area contributed by atoms with Crippen LogP contribution in [-0.4, -0.2) is 14.2 Å². The summed E-state index contributed by atoms with van der Waals surface area (Å²) in [5.74, 6) is 1.55. The lowest BCUT2D eigenvalue weighted by Gasteiger charge is -2.12. The molecule has 4 nitrogen and oxygen atoms in total. The Morgan fingerprint density at radius 1 is 0.952 bits per heavy atom. The molecule has 0 aliphatic heterocycles. The third-order valence-electron chi connectivity index (χ3n) is 3.08. The van der Waals surface area contributed by atoms with Gasteiger partial charge in [-0.1, -0.05) is 6.07 Å². The Bertz CT molecular complexity index is 616. The van der Waals surface area contributed by atoms with Crippen LogP contribution < -0.4 is 19.9 Å². The summed E-state index contributed by atoms with van der Waals surface area (Å²) < 4.78 is 29.3. The molecule has 0 bridgehead atoms. The number of methoxy groups -OCH3 is 2. The van der Waals surface area contributed by atoms with Gasteiger partial charge in [-0.25, -0.2) is 4.39 Å². The number of rotatable bonds is 6. The van der Waals surface area contributed by atoms with Crippen LogP contribution in [0.15, 0.2) is 36.4 Å². The highest BCUT2D eigenvalue weighted by atomic mass is 19.1. The molecule has 2 rings (SSSR count). The standard InChI is InChI=1S/C16H18FNO3/c1-19-15-5-3-11(7-16(15)20-2)10-21-14-6-4-13(17)8-12(14)9-18/h3-8H,9-10,18H2,1-2H3. The number of ether oxygens (including phenoxy) is 3. The minimum Gasteiger partial charge on any atom is -0.493 e. The first-order valence-corrected chi connectivity index (χ1v) is 6.50. The van der Waals surface area contributed by atoms with Crippen LogP contribution >= 0.6 is 0 Å². The molecule has 0 fully saturated rings. The van der Waals surface area contributed by atoms with Gasteiger partial charge in [0.1, 0.15) is 18.2 Å². The summed E-state index contributed by atoms with van der Waals surface area (Å²) in [5.41, 5.74) is 7.14. The monoisotopic (exact) mass is 291 g/mol. The van der Waals surface area contributed by atoms with Gasteiger partial charge in [-0.15, -0.1) is 0 Å². The van der Waals surface area contributed by atoms with Crippen LogP contribution in [-0.2, 0) is 13.2 Å². The van der Waals surface area contributed by atoms with Crippen LogP contribution in [0.4, 0.5) is 4.39 Å². The van der Waals surface area contributed by atoms with Crippen molar-refractivity contribution in [2.75, 3.05) is 14.2 Å². The molecule has 0 heterocycles. The first kappa shape index (κ1) is 15.1. The van der Waals surface area contributed by atoms with E-state index in [-0.39, 0.29) is 12.4 Å². The molecule has 2 N–H and O–H groups in total. The van der Waals surface area contributed by atoms with Gasteiger partial charge in [-0.05, 0) is 35.9 Å². The highest BCUT2D eigenvalue weighted by Crippen LogP contribution is 2.28. The van der Waals surface area contributed by atoms with Crippen LogP contribution in [0.5, 0.6) is 17.2 Å². The molecule has 0 aliphatic rings. The smallest absolute Gasteiger partial charge is 0.161 e. The largest absolute Gasteiger partial charge is 0.493 e. The van der Waals surface area contributed by atoms with Crippen LogP contribution in [0.2, 0.25) is 0 Å². The van der Waals surface area contributed by atoms with Gasteiger partial charge >= 0.3 is 0 Å². The Labute approximate surface area is 123 Å². The van der Waals surface area contributed by atoms with Crippen molar-refractivity contribution in [1.29, 1.82) is 0 Å². The summed E-state index contributed by atoms with van der Waals surface area (Å²) in [7, 11) is 3.16. The summed E-state index contributed by atoms with van der Waals surface area (Å²) in [6.45, 7) is 0.554. The average Bonchev–Trinajstić information content (AvgIpc) is 2.53. The van der Waals surface area contributed by atoms with E-state index in [1.807, 2.05) is 18.2 Å². The molecule has 0 saturated carbocycles. The van der Waals surface area contributed by atoms with Crippen LogP contribution in [0.3, 0.4) is 0 Å². The van der Waals surface area contributed by atoms with E-state index >= 15 is 0 Å². The van der Waals surface area contributed by atoms with Gasteiger partial charge < -0.3 is 19.9 Å². The summed E-state index contributed by atoms with van der Waals surface area (Å²) in [6, 6.07) is 9.84. The molecular formula is C16H18FNO3. The first-order valence-electron chi connectivity index (χ1n) is 6.50. The van der Waals surface area contributed by atoms with Crippen LogP contribution in [0.1, 0.15) is 11.1 Å². The van der Waals surface area contributed by atoms with Crippen molar-refractivity contribution in [2.45, 2.75) is 13.2 Å². The highest BCUT2D eigenvalue weighted by molar-refractivity contribution is 5.43. The number of nitrogens with two attached hydrogens (primary N) is 1. The fourth-order valence-electron chi connectivity index (χ4n) is 1.98. The van der Waals surface area contributed by atoms with Crippen molar-refractivity contribution in [2.24, 2.45) is 5.73 Å². The Morgan fingerprint density at radius 3 is 2.33 bits per heavy atom. The summed E-state index contributed by atoms with van der Waals surface area (Å²) in [4.78, 5) is 0. The molecule has 5 heteroatoms. The maximum absolute atomic E-state index is 13.1. The van der Waals surface area contributed by atoms with E-state index in [0.29, 0.717) is 29.4 Å².